The molecule has 0 spiro atoms. The van der Waals surface area contributed by atoms with E-state index in [1.54, 1.807) is 18.5 Å². The van der Waals surface area contributed by atoms with Gasteiger partial charge in [0.1, 0.15) is 5.69 Å². The third-order valence-electron chi connectivity index (χ3n) is 4.65. The first-order valence-electron chi connectivity index (χ1n) is 8.96. The van der Waals surface area contributed by atoms with Crippen molar-refractivity contribution in [3.63, 3.8) is 0 Å². The number of hydrogen-bond acceptors (Lipinski definition) is 6. The van der Waals surface area contributed by atoms with Crippen LogP contribution in [0.4, 0.5) is 0 Å². The Kier molecular flexibility index (Phi) is 6.06. The lowest BCUT2D eigenvalue weighted by Crippen LogP contribution is -2.48. The first-order valence-corrected chi connectivity index (χ1v) is 8.96. The minimum absolute atomic E-state index is 0.0905. The maximum Gasteiger partial charge on any atom is 0.271 e. The van der Waals surface area contributed by atoms with Crippen molar-refractivity contribution in [2.24, 2.45) is 0 Å². The van der Waals surface area contributed by atoms with Gasteiger partial charge in [0.15, 0.2) is 0 Å². The molecule has 0 radical (unpaired) electrons. The fraction of sp³-hybridized carbons (Fsp3) is 0.500. The van der Waals surface area contributed by atoms with Gasteiger partial charge < -0.3 is 5.32 Å². The summed E-state index contributed by atoms with van der Waals surface area (Å²) in [4.78, 5) is 34.6. The van der Waals surface area contributed by atoms with Gasteiger partial charge in [-0.05, 0) is 32.4 Å². The van der Waals surface area contributed by atoms with Gasteiger partial charge in [-0.2, -0.15) is 5.10 Å². The van der Waals surface area contributed by atoms with Gasteiger partial charge in [0.2, 0.25) is 0 Å². The number of piperidine rings is 1. The van der Waals surface area contributed by atoms with Gasteiger partial charge in [-0.15, -0.1) is 0 Å². The van der Waals surface area contributed by atoms with Gasteiger partial charge in [-0.1, -0.05) is 6.42 Å². The summed E-state index contributed by atoms with van der Waals surface area (Å²) in [6.07, 6.45) is 8.01. The SMILES string of the molecule is Cc1cnc(C(=O)NCC2CCCCN2CCn2ncccc2=O)cn1. The summed E-state index contributed by atoms with van der Waals surface area (Å²) in [5, 5.41) is 7.06. The van der Waals surface area contributed by atoms with E-state index in [-0.39, 0.29) is 17.5 Å². The van der Waals surface area contributed by atoms with Crippen LogP contribution in [0, 0.1) is 6.92 Å². The van der Waals surface area contributed by atoms with Crippen LogP contribution in [0.5, 0.6) is 0 Å². The molecule has 3 heterocycles. The molecule has 0 aromatic carbocycles. The largest absolute Gasteiger partial charge is 0.349 e. The van der Waals surface area contributed by atoms with E-state index in [9.17, 15) is 9.59 Å². The predicted molar refractivity (Wildman–Crippen MR) is 96.8 cm³/mol. The van der Waals surface area contributed by atoms with Crippen LogP contribution in [0.15, 0.2) is 35.5 Å². The Morgan fingerprint density at radius 2 is 2.15 bits per heavy atom. The summed E-state index contributed by atoms with van der Waals surface area (Å²) >= 11 is 0. The highest BCUT2D eigenvalue weighted by atomic mass is 16.2. The quantitative estimate of drug-likeness (QED) is 0.816. The molecule has 1 saturated heterocycles. The van der Waals surface area contributed by atoms with Gasteiger partial charge in [0.05, 0.1) is 18.4 Å². The third kappa shape index (κ3) is 4.72. The van der Waals surface area contributed by atoms with E-state index in [2.05, 4.69) is 25.3 Å². The number of aromatic nitrogens is 4. The fourth-order valence-electron chi connectivity index (χ4n) is 3.17. The zero-order valence-corrected chi connectivity index (χ0v) is 15.0. The molecule has 0 bridgehead atoms. The minimum atomic E-state index is -0.205. The Hall–Kier alpha value is -2.61. The first-order chi connectivity index (χ1) is 12.6. The lowest BCUT2D eigenvalue weighted by Gasteiger charge is -2.35. The predicted octanol–water partition coefficient (Wildman–Crippen LogP) is 0.626. The third-order valence-corrected chi connectivity index (χ3v) is 4.65. The minimum Gasteiger partial charge on any atom is -0.349 e. The number of nitrogens with zero attached hydrogens (tertiary/aromatic N) is 5. The molecule has 1 aliphatic heterocycles. The van der Waals surface area contributed by atoms with Crippen molar-refractivity contribution in [2.75, 3.05) is 19.6 Å². The molecule has 138 valence electrons. The normalized spacial score (nSPS) is 17.8. The Bertz CT molecular complexity index is 789. The summed E-state index contributed by atoms with van der Waals surface area (Å²) in [7, 11) is 0. The number of aryl methyl sites for hydroxylation is 1. The van der Waals surface area contributed by atoms with Crippen LogP contribution in [-0.2, 0) is 6.54 Å². The second-order valence-corrected chi connectivity index (χ2v) is 6.52. The fourth-order valence-corrected chi connectivity index (χ4v) is 3.17. The van der Waals surface area contributed by atoms with Crippen LogP contribution in [0.25, 0.3) is 0 Å². The Morgan fingerprint density at radius 3 is 2.92 bits per heavy atom. The van der Waals surface area contributed by atoms with Crippen LogP contribution in [-0.4, -0.2) is 56.2 Å². The zero-order chi connectivity index (χ0) is 18.4. The summed E-state index contributed by atoms with van der Waals surface area (Å²) in [5.41, 5.74) is 1.02. The van der Waals surface area contributed by atoms with Crippen molar-refractivity contribution >= 4 is 5.91 Å². The van der Waals surface area contributed by atoms with Crippen LogP contribution < -0.4 is 10.9 Å². The van der Waals surface area contributed by atoms with Gasteiger partial charge >= 0.3 is 0 Å². The van der Waals surface area contributed by atoms with Crippen LogP contribution in [0.1, 0.15) is 35.4 Å². The van der Waals surface area contributed by atoms with Crippen LogP contribution >= 0.6 is 0 Å². The number of amides is 1. The summed E-state index contributed by atoms with van der Waals surface area (Å²) in [5.74, 6) is -0.205. The van der Waals surface area contributed by atoms with E-state index in [1.807, 2.05) is 6.92 Å². The highest BCUT2D eigenvalue weighted by Crippen LogP contribution is 2.16. The molecule has 2 aromatic heterocycles. The molecular formula is C18H24N6O2. The lowest BCUT2D eigenvalue weighted by atomic mass is 10.0. The first kappa shape index (κ1) is 18.2. The molecule has 3 rings (SSSR count). The molecule has 1 N–H and O–H groups in total. The highest BCUT2D eigenvalue weighted by Gasteiger charge is 2.23. The summed E-state index contributed by atoms with van der Waals surface area (Å²) < 4.78 is 1.48. The van der Waals surface area contributed by atoms with Gasteiger partial charge in [-0.25, -0.2) is 9.67 Å². The zero-order valence-electron chi connectivity index (χ0n) is 15.0. The number of likely N-dealkylation sites (tertiary alicyclic amines) is 1. The van der Waals surface area contributed by atoms with Gasteiger partial charge in [0, 0.05) is 37.6 Å². The maximum absolute atomic E-state index is 12.2. The van der Waals surface area contributed by atoms with E-state index >= 15 is 0 Å². The molecule has 0 saturated carbocycles. The Morgan fingerprint density at radius 1 is 1.27 bits per heavy atom. The molecule has 8 heteroatoms. The van der Waals surface area contributed by atoms with Crippen molar-refractivity contribution in [3.05, 3.63) is 52.5 Å². The molecule has 1 amide bonds. The van der Waals surface area contributed by atoms with Crippen molar-refractivity contribution in [1.82, 2.24) is 30.0 Å². The second-order valence-electron chi connectivity index (χ2n) is 6.52. The molecule has 0 aliphatic carbocycles. The van der Waals surface area contributed by atoms with Crippen molar-refractivity contribution < 1.29 is 4.79 Å². The summed E-state index contributed by atoms with van der Waals surface area (Å²) in [6, 6.07) is 3.42. The molecule has 26 heavy (non-hydrogen) atoms. The number of nitrogens with one attached hydrogen (secondary N) is 1. The second kappa shape index (κ2) is 8.66. The van der Waals surface area contributed by atoms with Crippen molar-refractivity contribution in [2.45, 2.75) is 38.8 Å². The molecule has 1 atom stereocenters. The van der Waals surface area contributed by atoms with E-state index in [1.165, 1.54) is 16.9 Å². The monoisotopic (exact) mass is 356 g/mol. The number of carbonyl (C=O) groups excluding carboxylic acids is 1. The Balaban J connectivity index is 1.55. The van der Waals surface area contributed by atoms with E-state index in [0.717, 1.165) is 38.0 Å². The molecule has 8 nitrogen and oxygen atoms in total. The van der Waals surface area contributed by atoms with Crippen molar-refractivity contribution in [3.8, 4) is 0 Å². The molecule has 1 fully saturated rings. The lowest BCUT2D eigenvalue weighted by molar-refractivity contribution is 0.0904. The average molecular weight is 356 g/mol. The van der Waals surface area contributed by atoms with E-state index in [4.69, 9.17) is 0 Å². The number of carbonyl (C=O) groups is 1. The molecule has 1 unspecified atom stereocenters. The highest BCUT2D eigenvalue weighted by molar-refractivity contribution is 5.91. The molecule has 1 aliphatic rings. The topological polar surface area (TPSA) is 93.0 Å². The van der Waals surface area contributed by atoms with Gasteiger partial charge in [0.25, 0.3) is 11.5 Å². The smallest absolute Gasteiger partial charge is 0.271 e. The number of rotatable bonds is 6. The van der Waals surface area contributed by atoms with E-state index < -0.39 is 0 Å². The van der Waals surface area contributed by atoms with Crippen LogP contribution in [0.2, 0.25) is 0 Å². The summed E-state index contributed by atoms with van der Waals surface area (Å²) in [6.45, 7) is 4.65. The standard InChI is InChI=1S/C18H24N6O2/c1-14-11-20-16(13-19-14)18(26)21-12-15-5-2-3-8-23(15)9-10-24-17(25)6-4-7-22-24/h4,6-7,11,13,15H,2-3,5,8-10,12H2,1H3,(H,21,26). The molecular weight excluding hydrogens is 332 g/mol. The molecule has 2 aromatic rings. The Labute approximate surface area is 152 Å². The van der Waals surface area contributed by atoms with Crippen LogP contribution in [0.3, 0.4) is 0 Å². The maximum atomic E-state index is 12.2. The number of hydrogen-bond donors (Lipinski definition) is 1. The van der Waals surface area contributed by atoms with Gasteiger partial charge in [-0.3, -0.25) is 19.5 Å². The van der Waals surface area contributed by atoms with Crippen molar-refractivity contribution in [1.29, 1.82) is 0 Å². The van der Waals surface area contributed by atoms with E-state index in [0.29, 0.717) is 18.8 Å². The average Bonchev–Trinajstić information content (AvgIpc) is 2.66.